The number of rotatable bonds is 2. The number of hydrogen-bond donors (Lipinski definition) is 0. The first kappa shape index (κ1) is 10.8. The van der Waals surface area contributed by atoms with Gasteiger partial charge in [0, 0.05) is 5.41 Å². The smallest absolute Gasteiger partial charge is 0.434 e. The Morgan fingerprint density at radius 1 is 1.27 bits per heavy atom. The first-order valence-electron chi connectivity index (χ1n) is 5.99. The molecule has 0 aromatic heterocycles. The van der Waals surface area contributed by atoms with Crippen LogP contribution in [-0.4, -0.2) is 19.4 Å². The predicted octanol–water partition coefficient (Wildman–Crippen LogP) is 2.99. The van der Waals surface area contributed by atoms with Crippen molar-refractivity contribution in [3.05, 3.63) is 0 Å². The highest BCUT2D eigenvalue weighted by molar-refractivity contribution is 5.60. The molecule has 1 aliphatic heterocycles. The molecule has 2 unspecified atom stereocenters. The molecule has 1 aliphatic carbocycles. The van der Waals surface area contributed by atoms with Crippen molar-refractivity contribution in [3.63, 3.8) is 0 Å². The highest BCUT2D eigenvalue weighted by atomic mass is 16.7. The van der Waals surface area contributed by atoms with Gasteiger partial charge in [-0.1, -0.05) is 26.7 Å². The van der Waals surface area contributed by atoms with Crippen LogP contribution in [0.1, 0.15) is 39.5 Å². The van der Waals surface area contributed by atoms with E-state index in [0.717, 1.165) is 18.8 Å². The Hall–Kier alpha value is -0.730. The topological polar surface area (TPSA) is 35.5 Å². The quantitative estimate of drug-likeness (QED) is 0.660. The summed E-state index contributed by atoms with van der Waals surface area (Å²) in [4.78, 5) is 10.9. The summed E-state index contributed by atoms with van der Waals surface area (Å²) in [6, 6.07) is 0. The minimum Gasteiger partial charge on any atom is -0.434 e. The maximum absolute atomic E-state index is 10.9. The highest BCUT2D eigenvalue weighted by Gasteiger charge is 2.49. The van der Waals surface area contributed by atoms with Crippen molar-refractivity contribution in [2.75, 3.05) is 13.2 Å². The molecule has 2 rings (SSSR count). The van der Waals surface area contributed by atoms with E-state index in [1.165, 1.54) is 12.8 Å². The molecule has 1 heterocycles. The van der Waals surface area contributed by atoms with Crippen molar-refractivity contribution in [2.24, 2.45) is 17.3 Å². The molecular formula is C12H20O3. The lowest BCUT2D eigenvalue weighted by molar-refractivity contribution is -0.0773. The Labute approximate surface area is 91.1 Å². The summed E-state index contributed by atoms with van der Waals surface area (Å²) in [6.45, 7) is 5.61. The third kappa shape index (κ3) is 1.84. The molecule has 1 spiro atoms. The minimum atomic E-state index is -0.490. The van der Waals surface area contributed by atoms with Gasteiger partial charge < -0.3 is 9.47 Å². The lowest BCUT2D eigenvalue weighted by atomic mass is 9.77. The maximum atomic E-state index is 10.9. The van der Waals surface area contributed by atoms with Crippen LogP contribution in [0.4, 0.5) is 4.79 Å². The minimum absolute atomic E-state index is 0.128. The van der Waals surface area contributed by atoms with Crippen LogP contribution < -0.4 is 0 Å². The van der Waals surface area contributed by atoms with E-state index in [4.69, 9.17) is 9.47 Å². The summed E-state index contributed by atoms with van der Waals surface area (Å²) >= 11 is 0. The molecule has 3 heteroatoms. The SMILES string of the molecule is CCC1CC(CC)C2(COC(=O)OC2)C1. The summed E-state index contributed by atoms with van der Waals surface area (Å²) in [6.07, 6.45) is 4.34. The van der Waals surface area contributed by atoms with Gasteiger partial charge in [0.2, 0.25) is 0 Å². The highest BCUT2D eigenvalue weighted by Crippen LogP contribution is 2.50. The van der Waals surface area contributed by atoms with E-state index in [2.05, 4.69) is 13.8 Å². The molecule has 2 aliphatic rings. The third-order valence-corrected chi connectivity index (χ3v) is 4.20. The van der Waals surface area contributed by atoms with Gasteiger partial charge in [0.1, 0.15) is 13.2 Å². The van der Waals surface area contributed by atoms with E-state index in [9.17, 15) is 4.79 Å². The van der Waals surface area contributed by atoms with Gasteiger partial charge in [-0.2, -0.15) is 0 Å². The molecule has 0 N–H and O–H groups in total. The second-order valence-electron chi connectivity index (χ2n) is 5.01. The number of ether oxygens (including phenoxy) is 2. The van der Waals surface area contributed by atoms with E-state index < -0.39 is 6.16 Å². The lowest BCUT2D eigenvalue weighted by Crippen LogP contribution is -2.42. The lowest BCUT2D eigenvalue weighted by Gasteiger charge is -2.37. The maximum Gasteiger partial charge on any atom is 0.508 e. The molecule has 0 aromatic carbocycles. The van der Waals surface area contributed by atoms with Gasteiger partial charge in [0.05, 0.1) is 0 Å². The van der Waals surface area contributed by atoms with Gasteiger partial charge in [-0.25, -0.2) is 4.79 Å². The van der Waals surface area contributed by atoms with Crippen LogP contribution in [0, 0.1) is 17.3 Å². The summed E-state index contributed by atoms with van der Waals surface area (Å²) in [5.74, 6) is 1.45. The average Bonchev–Trinajstić information content (AvgIpc) is 2.61. The average molecular weight is 212 g/mol. The fraction of sp³-hybridized carbons (Fsp3) is 0.917. The number of hydrogen-bond acceptors (Lipinski definition) is 3. The molecule has 0 radical (unpaired) electrons. The molecule has 86 valence electrons. The Bertz CT molecular complexity index is 239. The zero-order valence-corrected chi connectivity index (χ0v) is 9.62. The standard InChI is InChI=1S/C12H20O3/c1-3-9-5-10(4-2)12(6-9)7-14-11(13)15-8-12/h9-10H,3-8H2,1-2H3. The second-order valence-corrected chi connectivity index (χ2v) is 5.01. The van der Waals surface area contributed by atoms with Crippen LogP contribution in [0.15, 0.2) is 0 Å². The fourth-order valence-electron chi connectivity index (χ4n) is 3.23. The van der Waals surface area contributed by atoms with Gasteiger partial charge in [0.15, 0.2) is 0 Å². The van der Waals surface area contributed by atoms with E-state index in [0.29, 0.717) is 19.1 Å². The molecular weight excluding hydrogens is 192 g/mol. The van der Waals surface area contributed by atoms with E-state index >= 15 is 0 Å². The van der Waals surface area contributed by atoms with Crippen molar-refractivity contribution in [1.82, 2.24) is 0 Å². The Morgan fingerprint density at radius 3 is 2.47 bits per heavy atom. The zero-order valence-electron chi connectivity index (χ0n) is 9.62. The van der Waals surface area contributed by atoms with E-state index in [-0.39, 0.29) is 5.41 Å². The van der Waals surface area contributed by atoms with Crippen molar-refractivity contribution in [2.45, 2.75) is 39.5 Å². The summed E-state index contributed by atoms with van der Waals surface area (Å²) in [5, 5.41) is 0. The summed E-state index contributed by atoms with van der Waals surface area (Å²) < 4.78 is 10.2. The normalized spacial score (nSPS) is 33.9. The van der Waals surface area contributed by atoms with Gasteiger partial charge in [0.25, 0.3) is 0 Å². The van der Waals surface area contributed by atoms with Crippen LogP contribution >= 0.6 is 0 Å². The largest absolute Gasteiger partial charge is 0.508 e. The van der Waals surface area contributed by atoms with Crippen molar-refractivity contribution in [1.29, 1.82) is 0 Å². The van der Waals surface area contributed by atoms with Gasteiger partial charge in [-0.05, 0) is 24.7 Å². The van der Waals surface area contributed by atoms with Gasteiger partial charge >= 0.3 is 6.16 Å². The molecule has 0 amide bonds. The van der Waals surface area contributed by atoms with Crippen molar-refractivity contribution in [3.8, 4) is 0 Å². The van der Waals surface area contributed by atoms with Crippen molar-refractivity contribution >= 4 is 6.16 Å². The Kier molecular flexibility index (Phi) is 2.89. The Balaban J connectivity index is 2.08. The summed E-state index contributed by atoms with van der Waals surface area (Å²) in [7, 11) is 0. The van der Waals surface area contributed by atoms with Gasteiger partial charge in [-0.3, -0.25) is 0 Å². The van der Waals surface area contributed by atoms with Crippen LogP contribution in [-0.2, 0) is 9.47 Å². The van der Waals surface area contributed by atoms with Crippen LogP contribution in [0.3, 0.4) is 0 Å². The molecule has 2 atom stereocenters. The monoisotopic (exact) mass is 212 g/mol. The van der Waals surface area contributed by atoms with Crippen LogP contribution in [0.25, 0.3) is 0 Å². The molecule has 3 nitrogen and oxygen atoms in total. The molecule has 15 heavy (non-hydrogen) atoms. The molecule has 0 aromatic rings. The zero-order chi connectivity index (χ0) is 10.9. The predicted molar refractivity (Wildman–Crippen MR) is 56.5 cm³/mol. The first-order valence-corrected chi connectivity index (χ1v) is 5.99. The third-order valence-electron chi connectivity index (χ3n) is 4.20. The molecule has 1 saturated heterocycles. The van der Waals surface area contributed by atoms with Crippen molar-refractivity contribution < 1.29 is 14.3 Å². The number of cyclic esters (lactones) is 2. The second kappa shape index (κ2) is 4.03. The molecule has 1 saturated carbocycles. The van der Waals surface area contributed by atoms with E-state index in [1.807, 2.05) is 0 Å². The number of carbonyl (C=O) groups excluding carboxylic acids is 1. The summed E-state index contributed by atoms with van der Waals surface area (Å²) in [5.41, 5.74) is 0.128. The van der Waals surface area contributed by atoms with Gasteiger partial charge in [-0.15, -0.1) is 0 Å². The molecule has 0 bridgehead atoms. The molecule has 2 fully saturated rings. The van der Waals surface area contributed by atoms with E-state index in [1.54, 1.807) is 0 Å². The fourth-order valence-corrected chi connectivity index (χ4v) is 3.23. The first-order chi connectivity index (χ1) is 7.20. The number of carbonyl (C=O) groups is 1. The Morgan fingerprint density at radius 2 is 1.93 bits per heavy atom. The van der Waals surface area contributed by atoms with Crippen LogP contribution in [0.5, 0.6) is 0 Å². The van der Waals surface area contributed by atoms with Crippen LogP contribution in [0.2, 0.25) is 0 Å².